The van der Waals surface area contributed by atoms with Crippen LogP contribution in [0.2, 0.25) is 0 Å². The Balaban J connectivity index is 1.34. The van der Waals surface area contributed by atoms with Crippen LogP contribution in [0.4, 0.5) is 5.69 Å². The minimum atomic E-state index is 0.00613. The van der Waals surface area contributed by atoms with Crippen molar-refractivity contribution in [2.24, 2.45) is 5.92 Å². The number of halogens is 1. The Morgan fingerprint density at radius 1 is 0.906 bits per heavy atom. The molecule has 2 unspecified atom stereocenters. The molecule has 2 heterocycles. The van der Waals surface area contributed by atoms with Gasteiger partial charge in [-0.15, -0.1) is 0 Å². The van der Waals surface area contributed by atoms with E-state index < -0.39 is 0 Å². The van der Waals surface area contributed by atoms with Gasteiger partial charge in [-0.05, 0) is 80.8 Å². The molecule has 2 aromatic carbocycles. The summed E-state index contributed by atoms with van der Waals surface area (Å²) in [7, 11) is 0. The molecule has 32 heavy (non-hydrogen) atoms. The third kappa shape index (κ3) is 4.68. The number of aryl methyl sites for hydroxylation is 1. The lowest BCUT2D eigenvalue weighted by Gasteiger charge is -2.44. The van der Waals surface area contributed by atoms with E-state index in [1.165, 1.54) is 40.5 Å². The van der Waals surface area contributed by atoms with E-state index in [1.54, 1.807) is 0 Å². The number of ketones is 1. The van der Waals surface area contributed by atoms with E-state index in [4.69, 9.17) is 0 Å². The number of likely N-dealkylation sites (tertiary alicyclic amines) is 1. The summed E-state index contributed by atoms with van der Waals surface area (Å²) in [5, 5.41) is 3.80. The maximum Gasteiger partial charge on any atom is 0.155 e. The molecule has 5 rings (SSSR count). The summed E-state index contributed by atoms with van der Waals surface area (Å²) in [5.74, 6) is 1.35. The van der Waals surface area contributed by atoms with Gasteiger partial charge in [-0.3, -0.25) is 9.69 Å². The predicted octanol–water partition coefficient (Wildman–Crippen LogP) is 6.57. The standard InChI is InChI=1S/C28H35BrN2O/c29-24-12-6-5-11-23(24)20-16-18-31(19-17-20)27(28(32)22-9-2-1-3-10-22)26-15-14-21-8-4-7-13-25(21)30-26/h4-8,11-13,20,22,26-27,30H,1-3,9-10,14-19H2. The second kappa shape index (κ2) is 10.1. The largest absolute Gasteiger partial charge is 0.380 e. The Morgan fingerprint density at radius 2 is 1.62 bits per heavy atom. The average Bonchev–Trinajstić information content (AvgIpc) is 2.85. The van der Waals surface area contributed by atoms with Gasteiger partial charge in [0.15, 0.2) is 5.78 Å². The molecule has 2 aliphatic heterocycles. The van der Waals surface area contributed by atoms with Crippen molar-refractivity contribution < 1.29 is 4.79 Å². The molecule has 4 heteroatoms. The van der Waals surface area contributed by atoms with E-state index in [0.29, 0.717) is 11.7 Å². The van der Waals surface area contributed by atoms with Crippen molar-refractivity contribution in [2.45, 2.75) is 75.8 Å². The minimum absolute atomic E-state index is 0.00613. The van der Waals surface area contributed by atoms with Gasteiger partial charge in [0.25, 0.3) is 0 Å². The van der Waals surface area contributed by atoms with E-state index >= 15 is 0 Å². The lowest BCUT2D eigenvalue weighted by molar-refractivity contribution is -0.130. The number of benzene rings is 2. The van der Waals surface area contributed by atoms with E-state index in [9.17, 15) is 4.79 Å². The number of carbonyl (C=O) groups excluding carboxylic acids is 1. The molecule has 2 aromatic rings. The smallest absolute Gasteiger partial charge is 0.155 e. The maximum absolute atomic E-state index is 13.9. The van der Waals surface area contributed by atoms with Crippen molar-refractivity contribution in [3.63, 3.8) is 0 Å². The second-order valence-corrected chi connectivity index (χ2v) is 10.8. The number of nitrogens with zero attached hydrogens (tertiary/aromatic N) is 1. The van der Waals surface area contributed by atoms with Gasteiger partial charge < -0.3 is 5.32 Å². The lowest BCUT2D eigenvalue weighted by Crippen LogP contribution is -2.56. The SMILES string of the molecule is O=C(C1CCCCC1)C(C1CCc2ccccc2N1)N1CCC(c2ccccc2Br)CC1. The number of nitrogens with one attached hydrogen (secondary N) is 1. The topological polar surface area (TPSA) is 32.3 Å². The summed E-state index contributed by atoms with van der Waals surface area (Å²) in [6.45, 7) is 2.02. The van der Waals surface area contributed by atoms with Crippen molar-refractivity contribution in [3.8, 4) is 0 Å². The summed E-state index contributed by atoms with van der Waals surface area (Å²) in [5.41, 5.74) is 4.04. The van der Waals surface area contributed by atoms with Crippen LogP contribution >= 0.6 is 15.9 Å². The summed E-state index contributed by atoms with van der Waals surface area (Å²) in [6.07, 6.45) is 10.3. The lowest BCUT2D eigenvalue weighted by atomic mass is 9.79. The number of fused-ring (bicyclic) bond motifs is 1. The van der Waals surface area contributed by atoms with Crippen molar-refractivity contribution in [1.29, 1.82) is 0 Å². The number of piperidine rings is 1. The monoisotopic (exact) mass is 494 g/mol. The fourth-order valence-electron chi connectivity index (χ4n) is 6.25. The fraction of sp³-hybridized carbons (Fsp3) is 0.536. The van der Waals surface area contributed by atoms with Crippen LogP contribution in [0.25, 0.3) is 0 Å². The van der Waals surface area contributed by atoms with Crippen molar-refractivity contribution in [2.75, 3.05) is 18.4 Å². The third-order valence-corrected chi connectivity index (χ3v) is 8.75. The van der Waals surface area contributed by atoms with Crippen molar-refractivity contribution >= 4 is 27.4 Å². The molecule has 0 bridgehead atoms. The quantitative estimate of drug-likeness (QED) is 0.509. The zero-order valence-electron chi connectivity index (χ0n) is 18.9. The van der Waals surface area contributed by atoms with Crippen LogP contribution in [0.3, 0.4) is 0 Å². The van der Waals surface area contributed by atoms with Crippen LogP contribution in [-0.2, 0) is 11.2 Å². The predicted molar refractivity (Wildman–Crippen MR) is 135 cm³/mol. The van der Waals surface area contributed by atoms with Gasteiger partial charge in [-0.1, -0.05) is 71.6 Å². The number of carbonyl (C=O) groups is 1. The fourth-order valence-corrected chi connectivity index (χ4v) is 6.86. The Bertz CT molecular complexity index is 931. The molecule has 1 saturated heterocycles. The number of Topliss-reactive ketones (excluding diaryl/α,β-unsaturated/α-hetero) is 1. The van der Waals surface area contributed by atoms with Gasteiger partial charge in [0, 0.05) is 22.1 Å². The highest BCUT2D eigenvalue weighted by atomic mass is 79.9. The first-order chi connectivity index (χ1) is 15.7. The highest BCUT2D eigenvalue weighted by Gasteiger charge is 2.40. The van der Waals surface area contributed by atoms with Gasteiger partial charge in [-0.25, -0.2) is 0 Å². The van der Waals surface area contributed by atoms with E-state index in [1.807, 2.05) is 0 Å². The van der Waals surface area contributed by atoms with E-state index in [0.717, 1.165) is 51.6 Å². The minimum Gasteiger partial charge on any atom is -0.380 e. The first-order valence-electron chi connectivity index (χ1n) is 12.6. The van der Waals surface area contributed by atoms with Crippen molar-refractivity contribution in [3.05, 3.63) is 64.1 Å². The van der Waals surface area contributed by atoms with Gasteiger partial charge in [0.05, 0.1) is 6.04 Å². The van der Waals surface area contributed by atoms with E-state index in [-0.39, 0.29) is 18.0 Å². The number of rotatable bonds is 5. The number of hydrogen-bond donors (Lipinski definition) is 1. The van der Waals surface area contributed by atoms with Crippen LogP contribution in [0.15, 0.2) is 53.0 Å². The Kier molecular flexibility index (Phi) is 6.99. The first-order valence-corrected chi connectivity index (χ1v) is 13.4. The summed E-state index contributed by atoms with van der Waals surface area (Å²) in [6, 6.07) is 17.5. The number of hydrogen-bond acceptors (Lipinski definition) is 3. The molecule has 1 N–H and O–H groups in total. The molecule has 0 amide bonds. The van der Waals surface area contributed by atoms with Crippen LogP contribution in [-0.4, -0.2) is 35.9 Å². The molecule has 0 spiro atoms. The Hall–Kier alpha value is -1.65. The van der Waals surface area contributed by atoms with Crippen LogP contribution in [0, 0.1) is 5.92 Å². The molecule has 2 atom stereocenters. The zero-order chi connectivity index (χ0) is 21.9. The molecule has 3 nitrogen and oxygen atoms in total. The summed E-state index contributed by atoms with van der Waals surface area (Å²) >= 11 is 3.75. The number of para-hydroxylation sites is 1. The van der Waals surface area contributed by atoms with Gasteiger partial charge in [0.2, 0.25) is 0 Å². The Labute approximate surface area is 201 Å². The molecular formula is C28H35BrN2O. The summed E-state index contributed by atoms with van der Waals surface area (Å²) < 4.78 is 1.22. The summed E-state index contributed by atoms with van der Waals surface area (Å²) in [4.78, 5) is 16.5. The van der Waals surface area contributed by atoms with Crippen molar-refractivity contribution in [1.82, 2.24) is 4.90 Å². The average molecular weight is 496 g/mol. The van der Waals surface area contributed by atoms with Crippen LogP contribution in [0.5, 0.6) is 0 Å². The molecule has 3 aliphatic rings. The van der Waals surface area contributed by atoms with E-state index in [2.05, 4.69) is 74.7 Å². The Morgan fingerprint density at radius 3 is 2.41 bits per heavy atom. The highest BCUT2D eigenvalue weighted by molar-refractivity contribution is 9.10. The highest BCUT2D eigenvalue weighted by Crippen LogP contribution is 2.36. The molecule has 0 radical (unpaired) electrons. The molecule has 1 aliphatic carbocycles. The zero-order valence-corrected chi connectivity index (χ0v) is 20.5. The van der Waals surface area contributed by atoms with Gasteiger partial charge in [0.1, 0.15) is 0 Å². The first kappa shape index (κ1) is 22.2. The van der Waals surface area contributed by atoms with Gasteiger partial charge >= 0.3 is 0 Å². The molecular weight excluding hydrogens is 460 g/mol. The third-order valence-electron chi connectivity index (χ3n) is 8.03. The molecule has 1 saturated carbocycles. The van der Waals surface area contributed by atoms with Gasteiger partial charge in [-0.2, -0.15) is 0 Å². The van der Waals surface area contributed by atoms with Crippen LogP contribution in [0.1, 0.15) is 68.4 Å². The number of anilines is 1. The van der Waals surface area contributed by atoms with Crippen LogP contribution < -0.4 is 5.32 Å². The molecule has 2 fully saturated rings. The second-order valence-electron chi connectivity index (χ2n) is 9.96. The maximum atomic E-state index is 13.9. The molecule has 0 aromatic heterocycles. The normalized spacial score (nSPS) is 23.8. The molecule has 170 valence electrons.